The highest BCUT2D eigenvalue weighted by atomic mass is 16.5. The fourth-order valence-corrected chi connectivity index (χ4v) is 2.41. The first kappa shape index (κ1) is 11.9. The van der Waals surface area contributed by atoms with E-state index >= 15 is 0 Å². The molecule has 0 aromatic carbocycles. The summed E-state index contributed by atoms with van der Waals surface area (Å²) >= 11 is 0. The van der Waals surface area contributed by atoms with Gasteiger partial charge in [0.25, 0.3) is 0 Å². The lowest BCUT2D eigenvalue weighted by molar-refractivity contribution is 0.181. The summed E-state index contributed by atoms with van der Waals surface area (Å²) in [5.41, 5.74) is 6.94. The molecule has 1 atom stereocenters. The summed E-state index contributed by atoms with van der Waals surface area (Å²) < 4.78 is 5.19. The van der Waals surface area contributed by atoms with Crippen LogP contribution in [0.5, 0.6) is 0 Å². The van der Waals surface area contributed by atoms with Crippen molar-refractivity contribution >= 4 is 5.82 Å². The molecule has 0 radical (unpaired) electrons. The Balaban J connectivity index is 1.87. The van der Waals surface area contributed by atoms with Crippen LogP contribution < -0.4 is 10.6 Å². The lowest BCUT2D eigenvalue weighted by atomic mass is 10.3. The number of nitrogens with zero attached hydrogens (tertiary/aromatic N) is 3. The van der Waals surface area contributed by atoms with Gasteiger partial charge in [-0.25, -0.2) is 9.97 Å². The van der Waals surface area contributed by atoms with Gasteiger partial charge in [0.1, 0.15) is 11.6 Å². The Labute approximate surface area is 107 Å². The van der Waals surface area contributed by atoms with E-state index in [1.807, 2.05) is 6.07 Å². The maximum atomic E-state index is 5.96. The van der Waals surface area contributed by atoms with Crippen LogP contribution in [-0.4, -0.2) is 36.2 Å². The third-order valence-corrected chi connectivity index (χ3v) is 3.57. The maximum absolute atomic E-state index is 5.96. The van der Waals surface area contributed by atoms with Crippen molar-refractivity contribution < 1.29 is 4.74 Å². The third-order valence-electron chi connectivity index (χ3n) is 3.57. The molecule has 1 saturated carbocycles. The van der Waals surface area contributed by atoms with E-state index in [1.165, 1.54) is 12.8 Å². The van der Waals surface area contributed by atoms with Crippen LogP contribution in [0.2, 0.25) is 0 Å². The van der Waals surface area contributed by atoms with Gasteiger partial charge in [-0.2, -0.15) is 0 Å². The summed E-state index contributed by atoms with van der Waals surface area (Å²) in [6.07, 6.45) is 3.48. The molecule has 5 nitrogen and oxygen atoms in total. The van der Waals surface area contributed by atoms with E-state index in [0.717, 1.165) is 36.8 Å². The fourth-order valence-electron chi connectivity index (χ4n) is 2.41. The molecule has 5 heteroatoms. The minimum Gasteiger partial charge on any atom is -0.378 e. The molecule has 2 fully saturated rings. The molecule has 1 unspecified atom stereocenters. The first-order chi connectivity index (χ1) is 8.76. The number of hydrogen-bond acceptors (Lipinski definition) is 5. The van der Waals surface area contributed by atoms with E-state index in [9.17, 15) is 0 Å². The van der Waals surface area contributed by atoms with Crippen LogP contribution in [0.3, 0.4) is 0 Å². The predicted octanol–water partition coefficient (Wildman–Crippen LogP) is 1.04. The Hall–Kier alpha value is -1.20. The van der Waals surface area contributed by atoms with E-state index in [-0.39, 0.29) is 6.04 Å². The molecule has 3 rings (SSSR count). The second-order valence-electron chi connectivity index (χ2n) is 5.28. The van der Waals surface area contributed by atoms with Gasteiger partial charge in [0, 0.05) is 38.2 Å². The van der Waals surface area contributed by atoms with Gasteiger partial charge in [-0.15, -0.1) is 0 Å². The van der Waals surface area contributed by atoms with Crippen LogP contribution >= 0.6 is 0 Å². The number of rotatable bonds is 4. The van der Waals surface area contributed by atoms with Gasteiger partial charge >= 0.3 is 0 Å². The third kappa shape index (κ3) is 2.47. The SMILES string of the molecule is COCc1cc(N2CCC(N)C2)nc(C2CC2)n1. The zero-order valence-corrected chi connectivity index (χ0v) is 10.8. The first-order valence-corrected chi connectivity index (χ1v) is 6.63. The van der Waals surface area contributed by atoms with Crippen LogP contribution in [-0.2, 0) is 11.3 Å². The normalized spacial score (nSPS) is 23.7. The minimum absolute atomic E-state index is 0.273. The maximum Gasteiger partial charge on any atom is 0.134 e. The zero-order chi connectivity index (χ0) is 12.5. The highest BCUT2D eigenvalue weighted by molar-refractivity contribution is 5.42. The number of methoxy groups -OCH3 is 1. The Morgan fingerprint density at radius 1 is 1.39 bits per heavy atom. The summed E-state index contributed by atoms with van der Waals surface area (Å²) in [5, 5.41) is 0. The number of aromatic nitrogens is 2. The molecule has 2 aliphatic rings. The van der Waals surface area contributed by atoms with Crippen molar-refractivity contribution in [2.45, 2.75) is 37.8 Å². The fraction of sp³-hybridized carbons (Fsp3) is 0.692. The summed E-state index contributed by atoms with van der Waals surface area (Å²) in [4.78, 5) is 11.5. The highest BCUT2D eigenvalue weighted by Crippen LogP contribution is 2.38. The molecule has 2 N–H and O–H groups in total. The second-order valence-corrected chi connectivity index (χ2v) is 5.28. The molecule has 0 amide bonds. The van der Waals surface area contributed by atoms with Crippen LogP contribution in [0.4, 0.5) is 5.82 Å². The van der Waals surface area contributed by atoms with Crippen LogP contribution in [0.1, 0.15) is 36.7 Å². The smallest absolute Gasteiger partial charge is 0.134 e. The number of nitrogens with two attached hydrogens (primary N) is 1. The summed E-state index contributed by atoms with van der Waals surface area (Å²) in [7, 11) is 1.70. The molecule has 2 heterocycles. The van der Waals surface area contributed by atoms with Gasteiger partial charge in [0.15, 0.2) is 0 Å². The van der Waals surface area contributed by atoms with Gasteiger partial charge < -0.3 is 15.4 Å². The molecule has 1 saturated heterocycles. The van der Waals surface area contributed by atoms with Crippen molar-refractivity contribution in [3.05, 3.63) is 17.6 Å². The summed E-state index contributed by atoms with van der Waals surface area (Å²) in [5.74, 6) is 2.57. The topological polar surface area (TPSA) is 64.3 Å². The van der Waals surface area contributed by atoms with E-state index in [2.05, 4.69) is 9.88 Å². The summed E-state index contributed by atoms with van der Waals surface area (Å²) in [6, 6.07) is 2.31. The lowest BCUT2D eigenvalue weighted by Gasteiger charge is -2.18. The molecule has 0 spiro atoms. The van der Waals surface area contributed by atoms with Crippen molar-refractivity contribution in [3.63, 3.8) is 0 Å². The average molecular weight is 248 g/mol. The van der Waals surface area contributed by atoms with Crippen molar-refractivity contribution in [2.24, 2.45) is 5.73 Å². The van der Waals surface area contributed by atoms with Gasteiger partial charge in [-0.05, 0) is 19.3 Å². The standard InChI is InChI=1S/C13H20N4O/c1-18-8-11-6-12(17-5-4-10(14)7-17)16-13(15-11)9-2-3-9/h6,9-10H,2-5,7-8,14H2,1H3. The zero-order valence-electron chi connectivity index (χ0n) is 10.8. The molecule has 18 heavy (non-hydrogen) atoms. The van der Waals surface area contributed by atoms with Gasteiger partial charge in [-0.3, -0.25) is 0 Å². The van der Waals surface area contributed by atoms with Crippen molar-refractivity contribution in [2.75, 3.05) is 25.1 Å². The minimum atomic E-state index is 0.273. The molecule has 1 aromatic rings. The second kappa shape index (κ2) is 4.82. The van der Waals surface area contributed by atoms with Gasteiger partial charge in [0.2, 0.25) is 0 Å². The monoisotopic (exact) mass is 248 g/mol. The Kier molecular flexibility index (Phi) is 3.18. The Bertz CT molecular complexity index is 433. The van der Waals surface area contributed by atoms with E-state index in [0.29, 0.717) is 12.5 Å². The molecule has 98 valence electrons. The predicted molar refractivity (Wildman–Crippen MR) is 69.5 cm³/mol. The number of ether oxygens (including phenoxy) is 1. The van der Waals surface area contributed by atoms with Crippen LogP contribution in [0, 0.1) is 0 Å². The highest BCUT2D eigenvalue weighted by Gasteiger charge is 2.29. The Morgan fingerprint density at radius 2 is 2.22 bits per heavy atom. The first-order valence-electron chi connectivity index (χ1n) is 6.63. The number of hydrogen-bond donors (Lipinski definition) is 1. The Morgan fingerprint density at radius 3 is 2.83 bits per heavy atom. The molecule has 1 aliphatic carbocycles. The van der Waals surface area contributed by atoms with Crippen LogP contribution in [0.15, 0.2) is 6.07 Å². The quantitative estimate of drug-likeness (QED) is 0.862. The number of anilines is 1. The summed E-state index contributed by atoms with van der Waals surface area (Å²) in [6.45, 7) is 2.44. The van der Waals surface area contributed by atoms with Crippen molar-refractivity contribution in [1.29, 1.82) is 0 Å². The van der Waals surface area contributed by atoms with E-state index in [4.69, 9.17) is 15.5 Å². The molecule has 1 aliphatic heterocycles. The molecular formula is C13H20N4O. The van der Waals surface area contributed by atoms with E-state index in [1.54, 1.807) is 7.11 Å². The van der Waals surface area contributed by atoms with Crippen molar-refractivity contribution in [1.82, 2.24) is 9.97 Å². The molecule has 0 bridgehead atoms. The lowest BCUT2D eigenvalue weighted by Crippen LogP contribution is -2.27. The average Bonchev–Trinajstić information content (AvgIpc) is 3.12. The van der Waals surface area contributed by atoms with E-state index < -0.39 is 0 Å². The molecular weight excluding hydrogens is 228 g/mol. The van der Waals surface area contributed by atoms with Gasteiger partial charge in [-0.1, -0.05) is 0 Å². The van der Waals surface area contributed by atoms with Crippen LogP contribution in [0.25, 0.3) is 0 Å². The largest absolute Gasteiger partial charge is 0.378 e. The van der Waals surface area contributed by atoms with Gasteiger partial charge in [0.05, 0.1) is 12.3 Å². The van der Waals surface area contributed by atoms with Crippen molar-refractivity contribution in [3.8, 4) is 0 Å². The molecule has 1 aromatic heterocycles.